The number of anilines is 1. The van der Waals surface area contributed by atoms with Crippen LogP contribution in [0.3, 0.4) is 0 Å². The van der Waals surface area contributed by atoms with E-state index in [1.54, 1.807) is 18.2 Å². The summed E-state index contributed by atoms with van der Waals surface area (Å²) in [7, 11) is -3.16. The highest BCUT2D eigenvalue weighted by molar-refractivity contribution is 9.10. The molecule has 3 rings (SSSR count). The lowest BCUT2D eigenvalue weighted by molar-refractivity contribution is -0.141. The predicted molar refractivity (Wildman–Crippen MR) is 99.4 cm³/mol. The number of carbonyl (C=O) groups excluding carboxylic acids is 1. The zero-order chi connectivity index (χ0) is 20.7. The first-order valence-corrected chi connectivity index (χ1v) is 10.3. The van der Waals surface area contributed by atoms with Crippen LogP contribution in [0.25, 0.3) is 0 Å². The molecule has 150 valence electrons. The Hall–Kier alpha value is -2.07. The summed E-state index contributed by atoms with van der Waals surface area (Å²) in [5.41, 5.74) is -0.0694. The van der Waals surface area contributed by atoms with Crippen molar-refractivity contribution in [3.05, 3.63) is 58.1 Å². The zero-order valence-corrected chi connectivity index (χ0v) is 16.9. The Morgan fingerprint density at radius 2 is 1.96 bits per heavy atom. The van der Waals surface area contributed by atoms with Gasteiger partial charge in [-0.05, 0) is 42.3 Å². The van der Waals surface area contributed by atoms with Gasteiger partial charge in [-0.3, -0.25) is 9.10 Å². The summed E-state index contributed by atoms with van der Waals surface area (Å²) < 4.78 is 71.9. The van der Waals surface area contributed by atoms with E-state index in [2.05, 4.69) is 20.7 Å². The highest BCUT2D eigenvalue weighted by Gasteiger charge is 2.40. The standard InChI is InChI=1S/C18H15BrF3NO4S/c1-27-17(24)10-14-7-11-5-6-13(19)9-16(11)23(14)28(25,26)15-4-2-3-12(8-15)18(20,21)22/h2-6,8-9,14H,7,10H2,1H3. The minimum atomic E-state index is -4.68. The van der Waals surface area contributed by atoms with Gasteiger partial charge in [0.15, 0.2) is 0 Å². The van der Waals surface area contributed by atoms with Crippen LogP contribution in [0.1, 0.15) is 17.5 Å². The highest BCUT2D eigenvalue weighted by Crippen LogP contribution is 2.40. The maximum absolute atomic E-state index is 13.3. The Bertz CT molecular complexity index is 1020. The number of carbonyl (C=O) groups is 1. The highest BCUT2D eigenvalue weighted by atomic mass is 79.9. The van der Waals surface area contributed by atoms with Gasteiger partial charge in [-0.1, -0.05) is 28.1 Å². The summed E-state index contributed by atoms with van der Waals surface area (Å²) in [6.45, 7) is 0. The van der Waals surface area contributed by atoms with Gasteiger partial charge in [0.05, 0.1) is 35.7 Å². The van der Waals surface area contributed by atoms with Gasteiger partial charge < -0.3 is 4.74 Å². The van der Waals surface area contributed by atoms with Crippen LogP contribution in [-0.4, -0.2) is 27.5 Å². The number of methoxy groups -OCH3 is 1. The van der Waals surface area contributed by atoms with Crippen LogP contribution in [0.4, 0.5) is 18.9 Å². The third-order valence-electron chi connectivity index (χ3n) is 4.42. The molecule has 0 fully saturated rings. The lowest BCUT2D eigenvalue weighted by atomic mass is 10.1. The van der Waals surface area contributed by atoms with E-state index in [9.17, 15) is 26.4 Å². The van der Waals surface area contributed by atoms with Crippen LogP contribution in [0, 0.1) is 0 Å². The molecule has 1 aliphatic heterocycles. The molecule has 1 aliphatic rings. The monoisotopic (exact) mass is 477 g/mol. The van der Waals surface area contributed by atoms with E-state index in [1.807, 2.05) is 0 Å². The van der Waals surface area contributed by atoms with Crippen molar-refractivity contribution in [2.24, 2.45) is 0 Å². The molecule has 0 aliphatic carbocycles. The SMILES string of the molecule is COC(=O)CC1Cc2ccc(Br)cc2N1S(=O)(=O)c1cccc(C(F)(F)F)c1. The number of fused-ring (bicyclic) bond motifs is 1. The van der Waals surface area contributed by atoms with Crippen molar-refractivity contribution in [3.8, 4) is 0 Å². The average molecular weight is 478 g/mol. The van der Waals surface area contributed by atoms with Crippen molar-refractivity contribution in [3.63, 3.8) is 0 Å². The van der Waals surface area contributed by atoms with Crippen LogP contribution in [0.5, 0.6) is 0 Å². The Kier molecular flexibility index (Phi) is 5.46. The van der Waals surface area contributed by atoms with Gasteiger partial charge in [-0.2, -0.15) is 13.2 Å². The summed E-state index contributed by atoms with van der Waals surface area (Å²) in [6.07, 6.45) is -4.65. The van der Waals surface area contributed by atoms with Gasteiger partial charge >= 0.3 is 12.1 Å². The number of rotatable bonds is 4. The molecular formula is C18H15BrF3NO4S. The Morgan fingerprint density at radius 3 is 2.61 bits per heavy atom. The molecular weight excluding hydrogens is 463 g/mol. The van der Waals surface area contributed by atoms with Crippen molar-refractivity contribution in [1.82, 2.24) is 0 Å². The fourth-order valence-electron chi connectivity index (χ4n) is 3.15. The van der Waals surface area contributed by atoms with Gasteiger partial charge in [0, 0.05) is 4.47 Å². The quantitative estimate of drug-likeness (QED) is 0.620. The van der Waals surface area contributed by atoms with Gasteiger partial charge in [-0.15, -0.1) is 0 Å². The Morgan fingerprint density at radius 1 is 1.25 bits per heavy atom. The van der Waals surface area contributed by atoms with Crippen molar-refractivity contribution < 1.29 is 31.1 Å². The van der Waals surface area contributed by atoms with Crippen molar-refractivity contribution in [2.75, 3.05) is 11.4 Å². The summed E-state index contributed by atoms with van der Waals surface area (Å²) >= 11 is 3.28. The molecule has 0 radical (unpaired) electrons. The summed E-state index contributed by atoms with van der Waals surface area (Å²) in [5, 5.41) is 0. The average Bonchev–Trinajstić information content (AvgIpc) is 2.98. The molecule has 1 atom stereocenters. The van der Waals surface area contributed by atoms with Crippen LogP contribution in [0.2, 0.25) is 0 Å². The summed E-state index contributed by atoms with van der Waals surface area (Å²) in [6, 6.07) is 7.77. The van der Waals surface area contributed by atoms with E-state index in [0.29, 0.717) is 21.8 Å². The molecule has 0 aromatic heterocycles. The number of nitrogens with zero attached hydrogens (tertiary/aromatic N) is 1. The maximum Gasteiger partial charge on any atom is 0.416 e. The lowest BCUT2D eigenvalue weighted by Crippen LogP contribution is -2.39. The molecule has 0 saturated heterocycles. The van der Waals surface area contributed by atoms with Crippen LogP contribution < -0.4 is 4.31 Å². The van der Waals surface area contributed by atoms with Crippen LogP contribution >= 0.6 is 15.9 Å². The largest absolute Gasteiger partial charge is 0.469 e. The minimum absolute atomic E-state index is 0.221. The molecule has 0 spiro atoms. The number of alkyl halides is 3. The topological polar surface area (TPSA) is 63.7 Å². The number of halogens is 4. The third kappa shape index (κ3) is 3.88. The number of sulfonamides is 1. The van der Waals surface area contributed by atoms with E-state index in [1.165, 1.54) is 7.11 Å². The van der Waals surface area contributed by atoms with Crippen LogP contribution in [0.15, 0.2) is 51.8 Å². The number of esters is 1. The molecule has 0 N–H and O–H groups in total. The van der Waals surface area contributed by atoms with Crippen molar-refractivity contribution >= 4 is 37.6 Å². The normalized spacial score (nSPS) is 16.8. The fourth-order valence-corrected chi connectivity index (χ4v) is 5.22. The van der Waals surface area contributed by atoms with E-state index >= 15 is 0 Å². The maximum atomic E-state index is 13.3. The first-order chi connectivity index (χ1) is 13.0. The molecule has 2 aromatic carbocycles. The predicted octanol–water partition coefficient (Wildman–Crippen LogP) is 4.15. The zero-order valence-electron chi connectivity index (χ0n) is 14.5. The van der Waals surface area contributed by atoms with E-state index < -0.39 is 38.7 Å². The second-order valence-electron chi connectivity index (χ2n) is 6.24. The van der Waals surface area contributed by atoms with Gasteiger partial charge in [0.2, 0.25) is 0 Å². The molecule has 0 saturated carbocycles. The Labute approximate surface area is 168 Å². The molecule has 28 heavy (non-hydrogen) atoms. The number of hydrogen-bond donors (Lipinski definition) is 0. The molecule has 10 heteroatoms. The molecule has 0 amide bonds. The van der Waals surface area contributed by atoms with Crippen molar-refractivity contribution in [1.29, 1.82) is 0 Å². The second-order valence-corrected chi connectivity index (χ2v) is 8.97. The smallest absolute Gasteiger partial charge is 0.416 e. The molecule has 1 unspecified atom stereocenters. The van der Waals surface area contributed by atoms with E-state index in [4.69, 9.17) is 0 Å². The number of ether oxygens (including phenoxy) is 1. The molecule has 2 aromatic rings. The minimum Gasteiger partial charge on any atom is -0.469 e. The molecule has 0 bridgehead atoms. The van der Waals surface area contributed by atoms with E-state index in [-0.39, 0.29) is 12.8 Å². The van der Waals surface area contributed by atoms with Gasteiger partial charge in [-0.25, -0.2) is 8.42 Å². The summed E-state index contributed by atoms with van der Waals surface area (Å²) in [5.74, 6) is -0.610. The first kappa shape index (κ1) is 20.7. The van der Waals surface area contributed by atoms with E-state index in [0.717, 1.165) is 22.5 Å². The third-order valence-corrected chi connectivity index (χ3v) is 6.78. The van der Waals surface area contributed by atoms with Crippen molar-refractivity contribution in [2.45, 2.75) is 30.0 Å². The second kappa shape index (κ2) is 7.40. The lowest BCUT2D eigenvalue weighted by Gasteiger charge is -2.26. The first-order valence-electron chi connectivity index (χ1n) is 8.11. The number of benzene rings is 2. The summed E-state index contributed by atoms with van der Waals surface area (Å²) in [4.78, 5) is 11.3. The van der Waals surface area contributed by atoms with Gasteiger partial charge in [0.1, 0.15) is 0 Å². The fraction of sp³-hybridized carbons (Fsp3) is 0.278. The van der Waals surface area contributed by atoms with Crippen LogP contribution in [-0.2, 0) is 32.2 Å². The molecule has 1 heterocycles. The molecule has 5 nitrogen and oxygen atoms in total. The van der Waals surface area contributed by atoms with Gasteiger partial charge in [0.25, 0.3) is 10.0 Å². The number of hydrogen-bond acceptors (Lipinski definition) is 4. The Balaban J connectivity index is 2.12.